The Hall–Kier alpha value is -2.83. The number of carbonyl (C=O) groups excluding carboxylic acids is 2. The Morgan fingerprint density at radius 1 is 1.27 bits per heavy atom. The maximum atomic E-state index is 12.5. The quantitative estimate of drug-likeness (QED) is 0.790. The number of rotatable bonds is 6. The van der Waals surface area contributed by atoms with Crippen molar-refractivity contribution in [2.45, 2.75) is 25.9 Å². The van der Waals surface area contributed by atoms with Crippen LogP contribution < -0.4 is 4.74 Å². The smallest absolute Gasteiger partial charge is 0.242 e. The summed E-state index contributed by atoms with van der Waals surface area (Å²) < 4.78 is 6.91. The molecule has 2 heterocycles. The van der Waals surface area contributed by atoms with Crippen LogP contribution in [0.5, 0.6) is 5.75 Å². The van der Waals surface area contributed by atoms with Crippen molar-refractivity contribution in [3.63, 3.8) is 0 Å². The van der Waals surface area contributed by atoms with Gasteiger partial charge in [-0.05, 0) is 30.7 Å². The number of nitrogens with zero attached hydrogens (tertiary/aromatic N) is 4. The van der Waals surface area contributed by atoms with Crippen LogP contribution in [-0.2, 0) is 16.1 Å². The van der Waals surface area contributed by atoms with Crippen molar-refractivity contribution in [2.75, 3.05) is 26.7 Å². The minimum absolute atomic E-state index is 0.00884. The summed E-state index contributed by atoms with van der Waals surface area (Å²) in [5.41, 5.74) is 1.05. The van der Waals surface area contributed by atoms with Gasteiger partial charge in [-0.25, -0.2) is 0 Å². The third-order valence-electron chi connectivity index (χ3n) is 4.65. The fraction of sp³-hybridized carbons (Fsp3) is 0.421. The number of hydrogen-bond acceptors (Lipinski definition) is 4. The van der Waals surface area contributed by atoms with E-state index >= 15 is 0 Å². The molecule has 1 fully saturated rings. The molecule has 1 saturated heterocycles. The van der Waals surface area contributed by atoms with E-state index in [4.69, 9.17) is 4.74 Å². The summed E-state index contributed by atoms with van der Waals surface area (Å²) in [5.74, 6) is 0.763. The van der Waals surface area contributed by atoms with Crippen LogP contribution in [0.1, 0.15) is 24.9 Å². The fourth-order valence-corrected chi connectivity index (χ4v) is 3.06. The summed E-state index contributed by atoms with van der Waals surface area (Å²) in [6.45, 7) is 3.75. The van der Waals surface area contributed by atoms with Crippen molar-refractivity contribution in [2.24, 2.45) is 0 Å². The summed E-state index contributed by atoms with van der Waals surface area (Å²) in [6.07, 6.45) is 3.88. The summed E-state index contributed by atoms with van der Waals surface area (Å²) in [7, 11) is 1.63. The molecule has 0 spiro atoms. The highest BCUT2D eigenvalue weighted by molar-refractivity contribution is 5.86. The van der Waals surface area contributed by atoms with Gasteiger partial charge in [0.05, 0.1) is 19.7 Å². The zero-order chi connectivity index (χ0) is 18.5. The van der Waals surface area contributed by atoms with Gasteiger partial charge >= 0.3 is 0 Å². The monoisotopic (exact) mass is 356 g/mol. The first-order valence-electron chi connectivity index (χ1n) is 8.74. The number of benzene rings is 1. The predicted molar refractivity (Wildman–Crippen MR) is 96.5 cm³/mol. The average molecular weight is 356 g/mol. The molecule has 0 bridgehead atoms. The summed E-state index contributed by atoms with van der Waals surface area (Å²) >= 11 is 0. The van der Waals surface area contributed by atoms with E-state index < -0.39 is 0 Å². The normalized spacial score (nSPS) is 15.8. The summed E-state index contributed by atoms with van der Waals surface area (Å²) in [6, 6.07) is 9.49. The highest BCUT2D eigenvalue weighted by Gasteiger charge is 2.28. The molecule has 2 aromatic rings. The number of carbonyl (C=O) groups is 2. The van der Waals surface area contributed by atoms with E-state index in [2.05, 4.69) is 5.10 Å². The van der Waals surface area contributed by atoms with Gasteiger partial charge in [-0.15, -0.1) is 0 Å². The molecule has 1 aliphatic rings. The van der Waals surface area contributed by atoms with Gasteiger partial charge in [0, 0.05) is 38.4 Å². The second-order valence-corrected chi connectivity index (χ2v) is 6.52. The minimum atomic E-state index is -0.0232. The van der Waals surface area contributed by atoms with Crippen LogP contribution in [0.2, 0.25) is 0 Å². The Morgan fingerprint density at radius 2 is 2.04 bits per heavy atom. The minimum Gasteiger partial charge on any atom is -0.497 e. The highest BCUT2D eigenvalue weighted by Crippen LogP contribution is 2.16. The van der Waals surface area contributed by atoms with Crippen LogP contribution in [0.3, 0.4) is 0 Å². The fourth-order valence-electron chi connectivity index (χ4n) is 3.06. The van der Waals surface area contributed by atoms with Gasteiger partial charge in [0.15, 0.2) is 0 Å². The molecule has 1 aliphatic heterocycles. The van der Waals surface area contributed by atoms with E-state index in [-0.39, 0.29) is 24.4 Å². The number of piperazine rings is 1. The molecule has 1 aromatic carbocycles. The van der Waals surface area contributed by atoms with Gasteiger partial charge in [-0.3, -0.25) is 14.3 Å². The lowest BCUT2D eigenvalue weighted by molar-refractivity contribution is -0.146. The second kappa shape index (κ2) is 8.03. The molecule has 26 heavy (non-hydrogen) atoms. The second-order valence-electron chi connectivity index (χ2n) is 6.52. The average Bonchev–Trinajstić information content (AvgIpc) is 3.19. The molecule has 2 amide bonds. The van der Waals surface area contributed by atoms with E-state index in [1.165, 1.54) is 0 Å². The molecule has 7 nitrogen and oxygen atoms in total. The number of ether oxygens (including phenoxy) is 1. The lowest BCUT2D eigenvalue weighted by Crippen LogP contribution is -2.52. The van der Waals surface area contributed by atoms with Gasteiger partial charge in [-0.2, -0.15) is 5.10 Å². The Balaban J connectivity index is 1.52. The van der Waals surface area contributed by atoms with E-state index in [1.54, 1.807) is 27.8 Å². The third-order valence-corrected chi connectivity index (χ3v) is 4.65. The van der Waals surface area contributed by atoms with Crippen LogP contribution in [0.4, 0.5) is 0 Å². The molecule has 1 aromatic heterocycles. The van der Waals surface area contributed by atoms with Crippen molar-refractivity contribution < 1.29 is 14.3 Å². The molecule has 1 atom stereocenters. The third kappa shape index (κ3) is 4.22. The zero-order valence-electron chi connectivity index (χ0n) is 15.2. The lowest BCUT2D eigenvalue weighted by atomic mass is 10.1. The van der Waals surface area contributed by atoms with Crippen LogP contribution in [0.15, 0.2) is 42.7 Å². The Morgan fingerprint density at radius 3 is 2.65 bits per heavy atom. The number of methoxy groups -OCH3 is 1. The zero-order valence-corrected chi connectivity index (χ0v) is 15.2. The number of aromatic nitrogens is 2. The number of hydrogen-bond donors (Lipinski definition) is 0. The molecular weight excluding hydrogens is 332 g/mol. The molecular formula is C19H24N4O3. The van der Waals surface area contributed by atoms with Crippen molar-refractivity contribution >= 4 is 11.8 Å². The standard InChI is InChI=1S/C19H24N4O3/c1-15(23-9-3-8-20-23)12-18(24)22-11-10-21(19(25)14-22)13-16-4-6-17(26-2)7-5-16/h3-9,15H,10-14H2,1-2H3. The predicted octanol–water partition coefficient (Wildman–Crippen LogP) is 1.71. The van der Waals surface area contributed by atoms with E-state index in [0.29, 0.717) is 26.1 Å². The van der Waals surface area contributed by atoms with E-state index in [0.717, 1.165) is 11.3 Å². The Labute approximate surface area is 153 Å². The molecule has 0 N–H and O–H groups in total. The van der Waals surface area contributed by atoms with Crippen molar-refractivity contribution in [3.05, 3.63) is 48.3 Å². The van der Waals surface area contributed by atoms with E-state index in [1.807, 2.05) is 43.5 Å². The highest BCUT2D eigenvalue weighted by atomic mass is 16.5. The Kier molecular flexibility index (Phi) is 5.55. The molecule has 7 heteroatoms. The Bertz CT molecular complexity index is 743. The first-order valence-corrected chi connectivity index (χ1v) is 8.74. The van der Waals surface area contributed by atoms with Crippen LogP contribution >= 0.6 is 0 Å². The molecule has 0 radical (unpaired) electrons. The first kappa shape index (κ1) is 18.0. The topological polar surface area (TPSA) is 67.7 Å². The molecule has 0 saturated carbocycles. The van der Waals surface area contributed by atoms with Gasteiger partial charge in [0.1, 0.15) is 5.75 Å². The summed E-state index contributed by atoms with van der Waals surface area (Å²) in [5, 5.41) is 4.16. The van der Waals surface area contributed by atoms with Crippen molar-refractivity contribution in [1.82, 2.24) is 19.6 Å². The van der Waals surface area contributed by atoms with Crippen molar-refractivity contribution in [3.8, 4) is 5.75 Å². The van der Waals surface area contributed by atoms with E-state index in [9.17, 15) is 9.59 Å². The van der Waals surface area contributed by atoms with Gasteiger partial charge in [0.25, 0.3) is 0 Å². The largest absolute Gasteiger partial charge is 0.497 e. The van der Waals surface area contributed by atoms with Crippen molar-refractivity contribution in [1.29, 1.82) is 0 Å². The van der Waals surface area contributed by atoms with Crippen LogP contribution in [0.25, 0.3) is 0 Å². The van der Waals surface area contributed by atoms with Crippen LogP contribution in [0, 0.1) is 0 Å². The maximum Gasteiger partial charge on any atom is 0.242 e. The molecule has 3 rings (SSSR count). The summed E-state index contributed by atoms with van der Waals surface area (Å²) in [4.78, 5) is 28.4. The van der Waals surface area contributed by atoms with Gasteiger partial charge in [-0.1, -0.05) is 12.1 Å². The lowest BCUT2D eigenvalue weighted by Gasteiger charge is -2.35. The molecule has 138 valence electrons. The maximum absolute atomic E-state index is 12.5. The van der Waals surface area contributed by atoms with Gasteiger partial charge < -0.3 is 14.5 Å². The first-order chi connectivity index (χ1) is 12.6. The molecule has 0 aliphatic carbocycles. The molecule has 1 unspecified atom stereocenters. The van der Waals surface area contributed by atoms with Gasteiger partial charge in [0.2, 0.25) is 11.8 Å². The SMILES string of the molecule is COc1ccc(CN2CCN(C(=O)CC(C)n3cccn3)CC2=O)cc1. The number of amides is 2. The van der Waals surface area contributed by atoms with Crippen LogP contribution in [-0.4, -0.2) is 58.1 Å².